The summed E-state index contributed by atoms with van der Waals surface area (Å²) in [6.07, 6.45) is 1.19. The quantitative estimate of drug-likeness (QED) is 0.921. The zero-order valence-electron chi connectivity index (χ0n) is 12.8. The number of aliphatic hydroxyl groups excluding tert-OH is 1. The Morgan fingerprint density at radius 3 is 2.43 bits per heavy atom. The van der Waals surface area contributed by atoms with E-state index in [1.54, 1.807) is 37.3 Å². The molecule has 2 atom stereocenters. The predicted molar refractivity (Wildman–Crippen MR) is 79.9 cm³/mol. The number of rotatable bonds is 4. The van der Waals surface area contributed by atoms with Crippen LogP contribution in [0.15, 0.2) is 18.2 Å². The van der Waals surface area contributed by atoms with Gasteiger partial charge in [-0.05, 0) is 25.0 Å². The van der Waals surface area contributed by atoms with Gasteiger partial charge >= 0.3 is 0 Å². The SMILES string of the molecule is CCC1CN(C(=O)c2cc(OC)cc(OC)c2)CCC1O. The maximum Gasteiger partial charge on any atom is 0.254 e. The maximum atomic E-state index is 12.6. The third-order valence-electron chi connectivity index (χ3n) is 4.10. The summed E-state index contributed by atoms with van der Waals surface area (Å²) in [7, 11) is 3.13. The van der Waals surface area contributed by atoms with Crippen LogP contribution < -0.4 is 9.47 Å². The van der Waals surface area contributed by atoms with Crippen LogP contribution in [0.5, 0.6) is 11.5 Å². The first kappa shape index (κ1) is 15.6. The molecule has 0 spiro atoms. The molecule has 0 aliphatic carbocycles. The van der Waals surface area contributed by atoms with Gasteiger partial charge in [0.2, 0.25) is 0 Å². The smallest absolute Gasteiger partial charge is 0.254 e. The van der Waals surface area contributed by atoms with Crippen LogP contribution in [0.2, 0.25) is 0 Å². The van der Waals surface area contributed by atoms with Crippen molar-refractivity contribution in [3.8, 4) is 11.5 Å². The van der Waals surface area contributed by atoms with E-state index in [1.165, 1.54) is 0 Å². The number of ether oxygens (including phenoxy) is 2. The van der Waals surface area contributed by atoms with Crippen LogP contribution in [0, 0.1) is 5.92 Å². The van der Waals surface area contributed by atoms with Gasteiger partial charge in [-0.15, -0.1) is 0 Å². The van der Waals surface area contributed by atoms with Crippen molar-refractivity contribution in [3.05, 3.63) is 23.8 Å². The number of benzene rings is 1. The maximum absolute atomic E-state index is 12.6. The van der Waals surface area contributed by atoms with Crippen LogP contribution >= 0.6 is 0 Å². The van der Waals surface area contributed by atoms with E-state index in [-0.39, 0.29) is 17.9 Å². The average Bonchev–Trinajstić information content (AvgIpc) is 2.54. The number of aliphatic hydroxyl groups is 1. The summed E-state index contributed by atoms with van der Waals surface area (Å²) >= 11 is 0. The van der Waals surface area contributed by atoms with Gasteiger partial charge in [0.25, 0.3) is 5.91 Å². The standard InChI is InChI=1S/C16H23NO4/c1-4-11-10-17(6-5-15(11)18)16(19)12-7-13(20-2)9-14(8-12)21-3/h7-9,11,15,18H,4-6,10H2,1-3H3. The fourth-order valence-corrected chi connectivity index (χ4v) is 2.72. The molecule has 1 amide bonds. The van der Waals surface area contributed by atoms with Crippen LogP contribution in [0.4, 0.5) is 0 Å². The van der Waals surface area contributed by atoms with Crippen molar-refractivity contribution in [1.82, 2.24) is 4.90 Å². The second kappa shape index (κ2) is 6.80. The summed E-state index contributed by atoms with van der Waals surface area (Å²) in [5.41, 5.74) is 0.553. The van der Waals surface area contributed by atoms with E-state index in [0.717, 1.165) is 6.42 Å². The van der Waals surface area contributed by atoms with Gasteiger partial charge in [0, 0.05) is 30.6 Å². The van der Waals surface area contributed by atoms with Gasteiger partial charge < -0.3 is 19.5 Å². The normalized spacial score (nSPS) is 22.0. The summed E-state index contributed by atoms with van der Waals surface area (Å²) < 4.78 is 10.4. The Balaban J connectivity index is 2.19. The first-order chi connectivity index (χ1) is 10.1. The highest BCUT2D eigenvalue weighted by atomic mass is 16.5. The molecule has 2 unspecified atom stereocenters. The number of carbonyl (C=O) groups excluding carboxylic acids is 1. The minimum Gasteiger partial charge on any atom is -0.497 e. The van der Waals surface area contributed by atoms with E-state index in [1.807, 2.05) is 6.92 Å². The Hall–Kier alpha value is -1.75. The Morgan fingerprint density at radius 1 is 1.29 bits per heavy atom. The van der Waals surface area contributed by atoms with Gasteiger partial charge in [0.15, 0.2) is 0 Å². The first-order valence-electron chi connectivity index (χ1n) is 7.29. The molecule has 1 N–H and O–H groups in total. The number of hydrogen-bond donors (Lipinski definition) is 1. The number of methoxy groups -OCH3 is 2. The molecule has 1 saturated heterocycles. The second-order valence-corrected chi connectivity index (χ2v) is 5.38. The van der Waals surface area contributed by atoms with E-state index in [0.29, 0.717) is 36.6 Å². The van der Waals surface area contributed by atoms with Crippen molar-refractivity contribution in [2.45, 2.75) is 25.9 Å². The molecule has 5 nitrogen and oxygen atoms in total. The number of amides is 1. The summed E-state index contributed by atoms with van der Waals surface area (Å²) in [6.45, 7) is 3.21. The van der Waals surface area contributed by atoms with E-state index in [4.69, 9.17) is 9.47 Å². The minimum absolute atomic E-state index is 0.0439. The minimum atomic E-state index is -0.307. The van der Waals surface area contributed by atoms with Crippen LogP contribution in [-0.2, 0) is 0 Å². The third kappa shape index (κ3) is 3.47. The van der Waals surface area contributed by atoms with Crippen molar-refractivity contribution in [2.75, 3.05) is 27.3 Å². The largest absolute Gasteiger partial charge is 0.497 e. The fraction of sp³-hybridized carbons (Fsp3) is 0.562. The van der Waals surface area contributed by atoms with Crippen LogP contribution in [-0.4, -0.2) is 49.3 Å². The lowest BCUT2D eigenvalue weighted by Crippen LogP contribution is -2.45. The second-order valence-electron chi connectivity index (χ2n) is 5.38. The van der Waals surface area contributed by atoms with Gasteiger partial charge in [0.1, 0.15) is 11.5 Å². The molecular formula is C16H23NO4. The Labute approximate surface area is 125 Å². The Bertz CT molecular complexity index is 481. The van der Waals surface area contributed by atoms with Crippen molar-refractivity contribution in [2.24, 2.45) is 5.92 Å². The highest BCUT2D eigenvalue weighted by Gasteiger charge is 2.29. The molecule has 1 aromatic carbocycles. The molecule has 21 heavy (non-hydrogen) atoms. The number of piperidine rings is 1. The zero-order chi connectivity index (χ0) is 15.4. The van der Waals surface area contributed by atoms with Crippen molar-refractivity contribution in [3.63, 3.8) is 0 Å². The molecule has 0 aromatic heterocycles. The highest BCUT2D eigenvalue weighted by Crippen LogP contribution is 2.26. The molecule has 0 saturated carbocycles. The highest BCUT2D eigenvalue weighted by molar-refractivity contribution is 5.95. The Kier molecular flexibility index (Phi) is 5.07. The van der Waals surface area contributed by atoms with Gasteiger partial charge in [-0.3, -0.25) is 4.79 Å². The number of carbonyl (C=O) groups is 1. The molecule has 1 fully saturated rings. The predicted octanol–water partition coefficient (Wildman–Crippen LogP) is 1.94. The molecule has 116 valence electrons. The van der Waals surface area contributed by atoms with E-state index < -0.39 is 0 Å². The van der Waals surface area contributed by atoms with E-state index in [9.17, 15) is 9.90 Å². The molecule has 0 radical (unpaired) electrons. The molecule has 1 aliphatic rings. The van der Waals surface area contributed by atoms with Crippen molar-refractivity contribution < 1.29 is 19.4 Å². The van der Waals surface area contributed by atoms with Crippen LogP contribution in [0.3, 0.4) is 0 Å². The lowest BCUT2D eigenvalue weighted by molar-refractivity contribution is 0.0228. The summed E-state index contributed by atoms with van der Waals surface area (Å²) in [6, 6.07) is 5.18. The molecule has 5 heteroatoms. The van der Waals surface area contributed by atoms with Crippen molar-refractivity contribution >= 4 is 5.91 Å². The summed E-state index contributed by atoms with van der Waals surface area (Å²) in [4.78, 5) is 14.4. The lowest BCUT2D eigenvalue weighted by Gasteiger charge is -2.35. The van der Waals surface area contributed by atoms with Gasteiger partial charge in [-0.1, -0.05) is 6.92 Å². The third-order valence-corrected chi connectivity index (χ3v) is 4.10. The van der Waals surface area contributed by atoms with Gasteiger partial charge in [-0.25, -0.2) is 0 Å². The molecule has 0 bridgehead atoms. The molecule has 1 heterocycles. The molecular weight excluding hydrogens is 270 g/mol. The number of nitrogens with zero attached hydrogens (tertiary/aromatic N) is 1. The summed E-state index contributed by atoms with van der Waals surface area (Å²) in [5.74, 6) is 1.30. The number of hydrogen-bond acceptors (Lipinski definition) is 4. The zero-order valence-corrected chi connectivity index (χ0v) is 12.8. The topological polar surface area (TPSA) is 59.0 Å². The van der Waals surface area contributed by atoms with Crippen LogP contribution in [0.1, 0.15) is 30.1 Å². The number of likely N-dealkylation sites (tertiary alicyclic amines) is 1. The van der Waals surface area contributed by atoms with E-state index >= 15 is 0 Å². The fourth-order valence-electron chi connectivity index (χ4n) is 2.72. The average molecular weight is 293 g/mol. The van der Waals surface area contributed by atoms with Crippen molar-refractivity contribution in [1.29, 1.82) is 0 Å². The summed E-state index contributed by atoms with van der Waals surface area (Å²) in [5, 5.41) is 9.93. The van der Waals surface area contributed by atoms with Crippen LogP contribution in [0.25, 0.3) is 0 Å². The van der Waals surface area contributed by atoms with Gasteiger partial charge in [-0.2, -0.15) is 0 Å². The molecule has 2 rings (SSSR count). The van der Waals surface area contributed by atoms with E-state index in [2.05, 4.69) is 0 Å². The monoisotopic (exact) mass is 293 g/mol. The lowest BCUT2D eigenvalue weighted by atomic mass is 9.92. The van der Waals surface area contributed by atoms with Gasteiger partial charge in [0.05, 0.1) is 20.3 Å². The molecule has 1 aromatic rings. The molecule has 1 aliphatic heterocycles. The first-order valence-corrected chi connectivity index (χ1v) is 7.29. The Morgan fingerprint density at radius 2 is 1.90 bits per heavy atom.